The van der Waals surface area contributed by atoms with Crippen molar-refractivity contribution in [2.75, 3.05) is 6.54 Å². The van der Waals surface area contributed by atoms with E-state index in [0.29, 0.717) is 15.8 Å². The maximum absolute atomic E-state index is 11.6. The fraction of sp³-hybridized carbons (Fsp3) is 0.333. The van der Waals surface area contributed by atoms with Gasteiger partial charge in [0.2, 0.25) is 0 Å². The minimum absolute atomic E-state index is 0.0588. The Balaban J connectivity index is 2.49. The number of hydrogen-bond acceptors (Lipinski definition) is 3. The number of carbonyl (C=O) groups excluding carboxylic acids is 1. The van der Waals surface area contributed by atoms with Gasteiger partial charge in [0.25, 0.3) is 5.91 Å². The third-order valence-electron chi connectivity index (χ3n) is 2.21. The van der Waals surface area contributed by atoms with Crippen LogP contribution in [0.15, 0.2) is 18.2 Å². The first kappa shape index (κ1) is 15.6. The van der Waals surface area contributed by atoms with Crippen LogP contribution >= 0.6 is 23.2 Å². The predicted molar refractivity (Wildman–Crippen MR) is 71.8 cm³/mol. The molecule has 1 atom stereocenters. The van der Waals surface area contributed by atoms with Crippen LogP contribution in [0.25, 0.3) is 0 Å². The number of carboxylic acid groups (broad SMARTS) is 1. The summed E-state index contributed by atoms with van der Waals surface area (Å²) in [5.74, 6) is -0.957. The van der Waals surface area contributed by atoms with E-state index in [9.17, 15) is 9.59 Å². The first-order valence-electron chi connectivity index (χ1n) is 5.51. The number of hydrogen-bond donors (Lipinski definition) is 2. The first-order chi connectivity index (χ1) is 8.90. The Morgan fingerprint density at radius 1 is 1.37 bits per heavy atom. The Morgan fingerprint density at radius 3 is 2.63 bits per heavy atom. The molecule has 0 saturated carbocycles. The number of rotatable bonds is 6. The summed E-state index contributed by atoms with van der Waals surface area (Å²) in [6, 6.07) is 4.66. The Bertz CT molecular complexity index is 479. The molecule has 19 heavy (non-hydrogen) atoms. The van der Waals surface area contributed by atoms with Gasteiger partial charge in [-0.1, -0.05) is 23.2 Å². The average Bonchev–Trinajstić information content (AvgIpc) is 2.33. The van der Waals surface area contributed by atoms with Crippen molar-refractivity contribution in [3.05, 3.63) is 28.2 Å². The number of ether oxygens (including phenoxy) is 1. The van der Waals surface area contributed by atoms with Gasteiger partial charge in [-0.15, -0.1) is 0 Å². The summed E-state index contributed by atoms with van der Waals surface area (Å²) >= 11 is 11.6. The molecular formula is C12H13Cl2NO4. The zero-order valence-electron chi connectivity index (χ0n) is 10.2. The smallest absolute Gasteiger partial charge is 0.305 e. The molecule has 1 amide bonds. The first-order valence-corrected chi connectivity index (χ1v) is 6.27. The molecule has 0 spiro atoms. The quantitative estimate of drug-likeness (QED) is 0.846. The van der Waals surface area contributed by atoms with Crippen molar-refractivity contribution in [2.24, 2.45) is 0 Å². The summed E-state index contributed by atoms with van der Waals surface area (Å²) in [5.41, 5.74) is 0. The van der Waals surface area contributed by atoms with E-state index in [-0.39, 0.29) is 13.0 Å². The van der Waals surface area contributed by atoms with E-state index in [1.54, 1.807) is 19.1 Å². The van der Waals surface area contributed by atoms with E-state index in [4.69, 9.17) is 33.0 Å². The third-order valence-corrected chi connectivity index (χ3v) is 2.95. The highest BCUT2D eigenvalue weighted by molar-refractivity contribution is 6.42. The molecule has 0 aliphatic heterocycles. The van der Waals surface area contributed by atoms with Gasteiger partial charge in [0.05, 0.1) is 16.5 Å². The molecule has 1 aromatic rings. The van der Waals surface area contributed by atoms with Crippen LogP contribution in [0.2, 0.25) is 10.0 Å². The highest BCUT2D eigenvalue weighted by Crippen LogP contribution is 2.26. The third kappa shape index (κ3) is 5.36. The van der Waals surface area contributed by atoms with E-state index in [1.807, 2.05) is 0 Å². The number of carboxylic acids is 1. The average molecular weight is 306 g/mol. The van der Waals surface area contributed by atoms with Gasteiger partial charge >= 0.3 is 5.97 Å². The lowest BCUT2D eigenvalue weighted by Gasteiger charge is -2.14. The number of aliphatic carboxylic acids is 1. The molecule has 1 rings (SSSR count). The van der Waals surface area contributed by atoms with E-state index in [0.717, 1.165) is 0 Å². The molecule has 1 unspecified atom stereocenters. The van der Waals surface area contributed by atoms with Crippen LogP contribution in [0.1, 0.15) is 13.3 Å². The van der Waals surface area contributed by atoms with Crippen LogP contribution in [0, 0.1) is 0 Å². The van der Waals surface area contributed by atoms with Crippen molar-refractivity contribution < 1.29 is 19.4 Å². The van der Waals surface area contributed by atoms with Crippen molar-refractivity contribution in [2.45, 2.75) is 19.4 Å². The molecule has 7 heteroatoms. The van der Waals surface area contributed by atoms with Crippen LogP contribution in [0.5, 0.6) is 5.75 Å². The monoisotopic (exact) mass is 305 g/mol. The van der Waals surface area contributed by atoms with Gasteiger partial charge in [-0.3, -0.25) is 9.59 Å². The van der Waals surface area contributed by atoms with Crippen molar-refractivity contribution in [1.82, 2.24) is 5.32 Å². The van der Waals surface area contributed by atoms with Gasteiger partial charge < -0.3 is 15.2 Å². The van der Waals surface area contributed by atoms with Crippen LogP contribution in [0.3, 0.4) is 0 Å². The number of benzene rings is 1. The molecule has 5 nitrogen and oxygen atoms in total. The standard InChI is InChI=1S/C12H13Cl2NO4/c1-7(12(18)15-5-4-11(16)17)19-8-2-3-9(13)10(14)6-8/h2-3,6-7H,4-5H2,1H3,(H,15,18)(H,16,17). The van der Waals surface area contributed by atoms with Gasteiger partial charge in [0.1, 0.15) is 5.75 Å². The number of amides is 1. The zero-order valence-corrected chi connectivity index (χ0v) is 11.7. The minimum Gasteiger partial charge on any atom is -0.481 e. The van der Waals surface area contributed by atoms with Gasteiger partial charge in [0, 0.05) is 12.6 Å². The summed E-state index contributed by atoms with van der Waals surface area (Å²) in [6.45, 7) is 1.61. The summed E-state index contributed by atoms with van der Waals surface area (Å²) in [7, 11) is 0. The molecule has 1 aromatic carbocycles. The lowest BCUT2D eigenvalue weighted by atomic mass is 10.3. The van der Waals surface area contributed by atoms with Crippen molar-refractivity contribution >= 4 is 35.1 Å². The van der Waals surface area contributed by atoms with Crippen molar-refractivity contribution in [3.8, 4) is 5.75 Å². The Kier molecular flexibility index (Phi) is 5.92. The number of carbonyl (C=O) groups is 2. The highest BCUT2D eigenvalue weighted by Gasteiger charge is 2.15. The van der Waals surface area contributed by atoms with E-state index in [2.05, 4.69) is 5.32 Å². The van der Waals surface area contributed by atoms with Crippen LogP contribution in [0.4, 0.5) is 0 Å². The summed E-state index contributed by atoms with van der Waals surface area (Å²) < 4.78 is 5.37. The van der Waals surface area contributed by atoms with Crippen LogP contribution in [-0.2, 0) is 9.59 Å². The second-order valence-electron chi connectivity index (χ2n) is 3.77. The molecule has 0 fully saturated rings. The maximum atomic E-state index is 11.6. The molecule has 0 aliphatic rings. The van der Waals surface area contributed by atoms with Gasteiger partial charge in [-0.2, -0.15) is 0 Å². The summed E-state index contributed by atoms with van der Waals surface area (Å²) in [5, 5.41) is 11.6. The largest absolute Gasteiger partial charge is 0.481 e. The second-order valence-corrected chi connectivity index (χ2v) is 4.59. The maximum Gasteiger partial charge on any atom is 0.305 e. The summed E-state index contributed by atoms with van der Waals surface area (Å²) in [4.78, 5) is 21.9. The van der Waals surface area contributed by atoms with Gasteiger partial charge in [0.15, 0.2) is 6.10 Å². The van der Waals surface area contributed by atoms with Crippen LogP contribution in [-0.4, -0.2) is 29.6 Å². The normalized spacial score (nSPS) is 11.7. The zero-order chi connectivity index (χ0) is 14.4. The summed E-state index contributed by atoms with van der Waals surface area (Å²) in [6.07, 6.45) is -0.892. The predicted octanol–water partition coefficient (Wildman–Crippen LogP) is 2.35. The van der Waals surface area contributed by atoms with Crippen LogP contribution < -0.4 is 10.1 Å². The SMILES string of the molecule is CC(Oc1ccc(Cl)c(Cl)c1)C(=O)NCCC(=O)O. The molecule has 0 bridgehead atoms. The van der Waals surface area contributed by atoms with Gasteiger partial charge in [-0.05, 0) is 19.1 Å². The lowest BCUT2D eigenvalue weighted by molar-refractivity contribution is -0.137. The van der Waals surface area contributed by atoms with E-state index >= 15 is 0 Å². The Labute approximate surface area is 120 Å². The fourth-order valence-corrected chi connectivity index (χ4v) is 1.53. The Hall–Kier alpha value is -1.46. The highest BCUT2D eigenvalue weighted by atomic mass is 35.5. The molecule has 104 valence electrons. The Morgan fingerprint density at radius 2 is 2.05 bits per heavy atom. The molecule has 0 aliphatic carbocycles. The molecule has 0 aromatic heterocycles. The number of nitrogens with one attached hydrogen (secondary N) is 1. The molecule has 0 heterocycles. The molecule has 0 radical (unpaired) electrons. The minimum atomic E-state index is -0.974. The number of halogens is 2. The second kappa shape index (κ2) is 7.21. The van der Waals surface area contributed by atoms with Crippen molar-refractivity contribution in [1.29, 1.82) is 0 Å². The fourth-order valence-electron chi connectivity index (χ4n) is 1.24. The van der Waals surface area contributed by atoms with Crippen molar-refractivity contribution in [3.63, 3.8) is 0 Å². The lowest BCUT2D eigenvalue weighted by Crippen LogP contribution is -2.37. The molecule has 2 N–H and O–H groups in total. The van der Waals surface area contributed by atoms with E-state index in [1.165, 1.54) is 6.07 Å². The molecular weight excluding hydrogens is 293 g/mol. The topological polar surface area (TPSA) is 75.6 Å². The molecule has 0 saturated heterocycles. The van der Waals surface area contributed by atoms with E-state index < -0.39 is 18.0 Å². The van der Waals surface area contributed by atoms with Gasteiger partial charge in [-0.25, -0.2) is 0 Å².